The Morgan fingerprint density at radius 3 is 2.52 bits per heavy atom. The van der Waals surface area contributed by atoms with Crippen LogP contribution in [0.2, 0.25) is 5.02 Å². The van der Waals surface area contributed by atoms with Gasteiger partial charge in [0.2, 0.25) is 5.91 Å². The summed E-state index contributed by atoms with van der Waals surface area (Å²) in [5.74, 6) is -2.32. The summed E-state index contributed by atoms with van der Waals surface area (Å²) in [7, 11) is 0. The van der Waals surface area contributed by atoms with Gasteiger partial charge in [-0.3, -0.25) is 24.6 Å². The molecule has 0 saturated carbocycles. The number of nitro groups is 1. The highest BCUT2D eigenvalue weighted by atomic mass is 35.5. The van der Waals surface area contributed by atoms with Crippen LogP contribution in [0, 0.1) is 21.7 Å². The average molecular weight is 495 g/mol. The van der Waals surface area contributed by atoms with Gasteiger partial charge in [-0.2, -0.15) is 0 Å². The second-order valence-corrected chi connectivity index (χ2v) is 8.85. The van der Waals surface area contributed by atoms with Crippen molar-refractivity contribution < 1.29 is 23.3 Å². The van der Waals surface area contributed by atoms with Gasteiger partial charge in [0.1, 0.15) is 16.5 Å². The van der Waals surface area contributed by atoms with Crippen LogP contribution in [0.1, 0.15) is 9.67 Å². The zero-order chi connectivity index (χ0) is 23.7. The molecule has 1 aliphatic rings. The van der Waals surface area contributed by atoms with E-state index in [1.54, 1.807) is 4.90 Å². The molecule has 2 amide bonds. The number of halogens is 3. The highest BCUT2D eigenvalue weighted by Gasteiger charge is 2.27. The molecule has 0 aliphatic carbocycles. The van der Waals surface area contributed by atoms with Gasteiger partial charge in [-0.05, 0) is 18.2 Å². The molecule has 12 heteroatoms. The molecular formula is C21H17ClF2N4O4S. The van der Waals surface area contributed by atoms with E-state index in [4.69, 9.17) is 11.6 Å². The van der Waals surface area contributed by atoms with Gasteiger partial charge in [0.05, 0.1) is 22.2 Å². The van der Waals surface area contributed by atoms with Crippen LogP contribution in [0.5, 0.6) is 0 Å². The first-order valence-corrected chi connectivity index (χ1v) is 11.1. The third-order valence-electron chi connectivity index (χ3n) is 5.25. The zero-order valence-electron chi connectivity index (χ0n) is 17.0. The molecule has 172 valence electrons. The fourth-order valence-corrected chi connectivity index (χ4v) is 5.05. The first-order valence-electron chi connectivity index (χ1n) is 9.86. The number of carbonyl (C=O) groups is 2. The molecule has 8 nitrogen and oxygen atoms in total. The maximum Gasteiger partial charge on any atom is 0.270 e. The second-order valence-electron chi connectivity index (χ2n) is 7.42. The SMILES string of the molecule is O=C(CN1CCN(C(=O)c2sc3cc([N+](=O)[O-])ccc3c2Cl)CC1)Nc1ccc(F)cc1F. The lowest BCUT2D eigenvalue weighted by atomic mass is 10.2. The van der Waals surface area contributed by atoms with Crippen LogP contribution in [0.4, 0.5) is 20.2 Å². The molecule has 0 radical (unpaired) electrons. The minimum atomic E-state index is -0.857. The maximum absolute atomic E-state index is 13.7. The Labute approximate surface area is 195 Å². The number of piperazine rings is 1. The molecule has 1 aliphatic heterocycles. The smallest absolute Gasteiger partial charge is 0.270 e. The van der Waals surface area contributed by atoms with Gasteiger partial charge in [0, 0.05) is 54.5 Å². The van der Waals surface area contributed by atoms with Crippen molar-refractivity contribution in [3.05, 3.63) is 68.0 Å². The van der Waals surface area contributed by atoms with Crippen molar-refractivity contribution in [2.45, 2.75) is 0 Å². The van der Waals surface area contributed by atoms with Gasteiger partial charge >= 0.3 is 0 Å². The number of hydrogen-bond donors (Lipinski definition) is 1. The van der Waals surface area contributed by atoms with Gasteiger partial charge < -0.3 is 10.2 Å². The van der Waals surface area contributed by atoms with Crippen molar-refractivity contribution in [3.8, 4) is 0 Å². The van der Waals surface area contributed by atoms with Crippen LogP contribution in [-0.2, 0) is 4.79 Å². The number of non-ortho nitro benzene ring substituents is 1. The number of nitrogens with zero attached hydrogens (tertiary/aromatic N) is 3. The normalized spacial score (nSPS) is 14.5. The molecule has 3 aromatic rings. The Kier molecular flexibility index (Phi) is 6.54. The zero-order valence-corrected chi connectivity index (χ0v) is 18.6. The summed E-state index contributed by atoms with van der Waals surface area (Å²) in [6.07, 6.45) is 0. The summed E-state index contributed by atoms with van der Waals surface area (Å²) < 4.78 is 27.3. The summed E-state index contributed by atoms with van der Waals surface area (Å²) in [6, 6.07) is 7.17. The monoisotopic (exact) mass is 494 g/mol. The topological polar surface area (TPSA) is 95.8 Å². The lowest BCUT2D eigenvalue weighted by Gasteiger charge is -2.34. The number of carbonyl (C=O) groups excluding carboxylic acids is 2. The van der Waals surface area contributed by atoms with Crippen LogP contribution in [-0.4, -0.2) is 59.3 Å². The molecule has 2 aromatic carbocycles. The van der Waals surface area contributed by atoms with Crippen molar-refractivity contribution >= 4 is 56.2 Å². The Bertz CT molecular complexity index is 1260. The highest BCUT2D eigenvalue weighted by Crippen LogP contribution is 2.38. The van der Waals surface area contributed by atoms with E-state index in [0.717, 1.165) is 23.5 Å². The van der Waals surface area contributed by atoms with Crippen LogP contribution in [0.3, 0.4) is 0 Å². The number of thiophene rings is 1. The molecule has 1 aromatic heterocycles. The summed E-state index contributed by atoms with van der Waals surface area (Å²) >= 11 is 7.48. The lowest BCUT2D eigenvalue weighted by Crippen LogP contribution is -2.50. The molecule has 33 heavy (non-hydrogen) atoms. The van der Waals surface area contributed by atoms with E-state index in [2.05, 4.69) is 5.32 Å². The third kappa shape index (κ3) is 4.95. The highest BCUT2D eigenvalue weighted by molar-refractivity contribution is 7.21. The quantitative estimate of drug-likeness (QED) is 0.425. The van der Waals surface area contributed by atoms with Gasteiger partial charge in [-0.15, -0.1) is 11.3 Å². The second kappa shape index (κ2) is 9.38. The Balaban J connectivity index is 1.36. The molecule has 1 saturated heterocycles. The first-order chi connectivity index (χ1) is 15.7. The number of amides is 2. The standard InChI is InChI=1S/C21H17ClF2N4O4S/c22-19-14-3-2-13(28(31)32)10-17(14)33-20(19)21(30)27-7-5-26(6-8-27)11-18(29)25-16-4-1-12(23)9-15(16)24/h1-4,9-10H,5-8,11H2,(H,25,29). The number of fused-ring (bicyclic) bond motifs is 1. The lowest BCUT2D eigenvalue weighted by molar-refractivity contribution is -0.384. The molecule has 4 rings (SSSR count). The summed E-state index contributed by atoms with van der Waals surface area (Å²) in [4.78, 5) is 39.4. The number of anilines is 1. The van der Waals surface area contributed by atoms with Crippen molar-refractivity contribution in [3.63, 3.8) is 0 Å². The number of hydrogen-bond acceptors (Lipinski definition) is 6. The van der Waals surface area contributed by atoms with E-state index in [1.165, 1.54) is 18.2 Å². The first kappa shape index (κ1) is 23.0. The van der Waals surface area contributed by atoms with Crippen LogP contribution in [0.25, 0.3) is 10.1 Å². The average Bonchev–Trinajstić information content (AvgIpc) is 3.11. The van der Waals surface area contributed by atoms with Gasteiger partial charge in [-0.25, -0.2) is 8.78 Å². The molecule has 1 fully saturated rings. The van der Waals surface area contributed by atoms with Gasteiger partial charge in [0.25, 0.3) is 11.6 Å². The fraction of sp³-hybridized carbons (Fsp3) is 0.238. The van der Waals surface area contributed by atoms with Crippen LogP contribution in [0.15, 0.2) is 36.4 Å². The minimum absolute atomic E-state index is 0.00778. The predicted octanol–water partition coefficient (Wildman–Crippen LogP) is 4.14. The Morgan fingerprint density at radius 2 is 1.85 bits per heavy atom. The molecule has 0 atom stereocenters. The largest absolute Gasteiger partial charge is 0.335 e. The van der Waals surface area contributed by atoms with Crippen molar-refractivity contribution in [1.29, 1.82) is 0 Å². The van der Waals surface area contributed by atoms with E-state index in [1.807, 2.05) is 4.90 Å². The van der Waals surface area contributed by atoms with E-state index in [-0.39, 0.29) is 28.8 Å². The minimum Gasteiger partial charge on any atom is -0.335 e. The number of benzene rings is 2. The number of nitro benzene ring substituents is 1. The summed E-state index contributed by atoms with van der Waals surface area (Å²) in [5, 5.41) is 14.2. The van der Waals surface area contributed by atoms with Gasteiger partial charge in [0.15, 0.2) is 0 Å². The van der Waals surface area contributed by atoms with E-state index < -0.39 is 22.5 Å². The van der Waals surface area contributed by atoms with Crippen LogP contribution >= 0.6 is 22.9 Å². The van der Waals surface area contributed by atoms with Crippen molar-refractivity contribution in [1.82, 2.24) is 9.80 Å². The predicted molar refractivity (Wildman–Crippen MR) is 121 cm³/mol. The van der Waals surface area contributed by atoms with Crippen molar-refractivity contribution in [2.75, 3.05) is 38.0 Å². The molecular weight excluding hydrogens is 478 g/mol. The molecule has 0 unspecified atom stereocenters. The molecule has 0 bridgehead atoms. The van der Waals surface area contributed by atoms with Crippen molar-refractivity contribution in [2.24, 2.45) is 0 Å². The third-order valence-corrected chi connectivity index (χ3v) is 6.90. The molecule has 1 N–H and O–H groups in total. The maximum atomic E-state index is 13.7. The number of rotatable bonds is 5. The number of nitrogens with one attached hydrogen (secondary N) is 1. The van der Waals surface area contributed by atoms with E-state index in [9.17, 15) is 28.5 Å². The van der Waals surface area contributed by atoms with Crippen LogP contribution < -0.4 is 5.32 Å². The van der Waals surface area contributed by atoms with E-state index in [0.29, 0.717) is 47.2 Å². The fourth-order valence-electron chi connectivity index (χ4n) is 3.54. The Hall–Kier alpha value is -3.15. The Morgan fingerprint density at radius 1 is 1.12 bits per heavy atom. The van der Waals surface area contributed by atoms with Gasteiger partial charge in [-0.1, -0.05) is 11.6 Å². The summed E-state index contributed by atoms with van der Waals surface area (Å²) in [6.45, 7) is 1.52. The summed E-state index contributed by atoms with van der Waals surface area (Å²) in [5.41, 5.74) is -0.179. The van der Waals surface area contributed by atoms with E-state index >= 15 is 0 Å². The molecule has 0 spiro atoms. The molecule has 2 heterocycles.